The van der Waals surface area contributed by atoms with Gasteiger partial charge < -0.3 is 15.2 Å². The van der Waals surface area contributed by atoms with Crippen LogP contribution in [0.25, 0.3) is 0 Å². The first-order valence-corrected chi connectivity index (χ1v) is 6.26. The lowest BCUT2D eigenvalue weighted by atomic mass is 10.1. The van der Waals surface area contributed by atoms with Crippen molar-refractivity contribution in [1.82, 2.24) is 5.32 Å². The zero-order chi connectivity index (χ0) is 12.1. The Balaban J connectivity index is 1.88. The molecule has 2 atom stereocenters. The molecule has 2 N–H and O–H groups in total. The van der Waals surface area contributed by atoms with Crippen molar-refractivity contribution in [3.05, 3.63) is 35.9 Å². The van der Waals surface area contributed by atoms with E-state index in [1.165, 1.54) is 18.4 Å². The van der Waals surface area contributed by atoms with E-state index >= 15 is 0 Å². The van der Waals surface area contributed by atoms with Crippen LogP contribution in [0.4, 0.5) is 0 Å². The molecule has 0 spiro atoms. The van der Waals surface area contributed by atoms with Crippen molar-refractivity contribution >= 4 is 0 Å². The summed E-state index contributed by atoms with van der Waals surface area (Å²) in [5.41, 5.74) is 1.21. The van der Waals surface area contributed by atoms with Crippen molar-refractivity contribution < 1.29 is 9.84 Å². The minimum atomic E-state index is -0.210. The molecule has 0 aliphatic heterocycles. The minimum absolute atomic E-state index is 0.162. The molecule has 17 heavy (non-hydrogen) atoms. The highest BCUT2D eigenvalue weighted by atomic mass is 16.5. The summed E-state index contributed by atoms with van der Waals surface area (Å²) in [4.78, 5) is 0. The molecule has 0 bridgehead atoms. The lowest BCUT2D eigenvalue weighted by Gasteiger charge is -2.20. The number of ether oxygens (including phenoxy) is 1. The van der Waals surface area contributed by atoms with Gasteiger partial charge in [-0.15, -0.1) is 0 Å². The first-order valence-electron chi connectivity index (χ1n) is 6.26. The summed E-state index contributed by atoms with van der Waals surface area (Å²) in [6.45, 7) is 1.27. The van der Waals surface area contributed by atoms with Gasteiger partial charge in [0.15, 0.2) is 0 Å². The molecule has 94 valence electrons. The number of rotatable bonds is 7. The average Bonchev–Trinajstić information content (AvgIpc) is 3.19. The maximum absolute atomic E-state index is 9.85. The first-order chi connectivity index (χ1) is 8.31. The van der Waals surface area contributed by atoms with Gasteiger partial charge in [0.05, 0.1) is 18.8 Å². The molecule has 3 heteroatoms. The van der Waals surface area contributed by atoms with Crippen LogP contribution in [0.15, 0.2) is 30.3 Å². The second-order valence-electron chi connectivity index (χ2n) is 4.73. The second kappa shape index (κ2) is 6.15. The predicted molar refractivity (Wildman–Crippen MR) is 67.8 cm³/mol. The van der Waals surface area contributed by atoms with E-state index in [0.29, 0.717) is 19.1 Å². The third-order valence-electron chi connectivity index (χ3n) is 3.27. The van der Waals surface area contributed by atoms with Crippen molar-refractivity contribution in [2.24, 2.45) is 5.92 Å². The van der Waals surface area contributed by atoms with Gasteiger partial charge in [0.2, 0.25) is 0 Å². The zero-order valence-electron chi connectivity index (χ0n) is 10.3. The maximum Gasteiger partial charge on any atom is 0.0692 e. The van der Waals surface area contributed by atoms with Crippen molar-refractivity contribution in [2.45, 2.75) is 25.0 Å². The largest absolute Gasteiger partial charge is 0.392 e. The first kappa shape index (κ1) is 12.6. The minimum Gasteiger partial charge on any atom is -0.392 e. The van der Waals surface area contributed by atoms with Crippen molar-refractivity contribution in [3.8, 4) is 0 Å². The molecule has 2 unspecified atom stereocenters. The quantitative estimate of drug-likeness (QED) is 0.756. The molecule has 1 fully saturated rings. The molecule has 3 nitrogen and oxygen atoms in total. The van der Waals surface area contributed by atoms with Gasteiger partial charge in [0.25, 0.3) is 0 Å². The summed E-state index contributed by atoms with van der Waals surface area (Å²) in [5.74, 6) is 0.515. The van der Waals surface area contributed by atoms with E-state index in [1.54, 1.807) is 7.11 Å². The Bertz CT molecular complexity index is 324. The normalized spacial score (nSPS) is 18.9. The Kier molecular flexibility index (Phi) is 4.54. The van der Waals surface area contributed by atoms with E-state index in [0.717, 1.165) is 0 Å². The number of nitrogens with one attached hydrogen (secondary N) is 1. The van der Waals surface area contributed by atoms with Gasteiger partial charge in [0, 0.05) is 13.7 Å². The summed E-state index contributed by atoms with van der Waals surface area (Å²) < 4.78 is 5.22. The number of hydrogen-bond acceptors (Lipinski definition) is 3. The highest BCUT2D eigenvalue weighted by Crippen LogP contribution is 2.32. The van der Waals surface area contributed by atoms with Crippen LogP contribution in [-0.2, 0) is 4.74 Å². The standard InChI is InChI=1S/C14H21NO2/c1-17-10-13(11-5-3-2-4-6-11)15-9-14(16)12-7-8-12/h2-6,12-16H,7-10H2,1H3. The number of hydrogen-bond donors (Lipinski definition) is 2. The van der Waals surface area contributed by atoms with Gasteiger partial charge >= 0.3 is 0 Å². The topological polar surface area (TPSA) is 41.5 Å². The maximum atomic E-state index is 9.85. The van der Waals surface area contributed by atoms with Crippen LogP contribution in [0.1, 0.15) is 24.4 Å². The zero-order valence-corrected chi connectivity index (χ0v) is 10.3. The van der Waals surface area contributed by atoms with Crippen molar-refractivity contribution in [2.75, 3.05) is 20.3 Å². The number of aliphatic hydroxyl groups is 1. The fourth-order valence-electron chi connectivity index (χ4n) is 2.04. The molecular formula is C14H21NO2. The number of aliphatic hydroxyl groups excluding tert-OH is 1. The predicted octanol–water partition coefficient (Wildman–Crippen LogP) is 1.73. The van der Waals surface area contributed by atoms with Gasteiger partial charge in [-0.3, -0.25) is 0 Å². The van der Waals surface area contributed by atoms with Gasteiger partial charge in [0.1, 0.15) is 0 Å². The SMILES string of the molecule is COCC(NCC(O)C1CC1)c1ccccc1. The van der Waals surface area contributed by atoms with Crippen LogP contribution in [0.5, 0.6) is 0 Å². The molecular weight excluding hydrogens is 214 g/mol. The molecule has 0 aromatic heterocycles. The smallest absolute Gasteiger partial charge is 0.0692 e. The van der Waals surface area contributed by atoms with Gasteiger partial charge in [-0.25, -0.2) is 0 Å². The number of benzene rings is 1. The highest BCUT2D eigenvalue weighted by Gasteiger charge is 2.29. The van der Waals surface area contributed by atoms with Crippen LogP contribution < -0.4 is 5.32 Å². The van der Waals surface area contributed by atoms with Crippen LogP contribution in [0, 0.1) is 5.92 Å². The molecule has 1 saturated carbocycles. The lowest BCUT2D eigenvalue weighted by Crippen LogP contribution is -2.33. The van der Waals surface area contributed by atoms with Crippen LogP contribution >= 0.6 is 0 Å². The summed E-state index contributed by atoms with van der Waals surface area (Å²) in [6, 6.07) is 10.4. The van der Waals surface area contributed by atoms with Gasteiger partial charge in [-0.05, 0) is 24.3 Å². The van der Waals surface area contributed by atoms with E-state index in [9.17, 15) is 5.11 Å². The Morgan fingerprint density at radius 2 is 2.06 bits per heavy atom. The summed E-state index contributed by atoms with van der Waals surface area (Å²) >= 11 is 0. The van der Waals surface area contributed by atoms with E-state index in [-0.39, 0.29) is 12.1 Å². The Morgan fingerprint density at radius 1 is 1.35 bits per heavy atom. The van der Waals surface area contributed by atoms with Gasteiger partial charge in [-0.2, -0.15) is 0 Å². The molecule has 0 amide bonds. The van der Waals surface area contributed by atoms with E-state index in [2.05, 4.69) is 17.4 Å². The van der Waals surface area contributed by atoms with Gasteiger partial charge in [-0.1, -0.05) is 30.3 Å². The third kappa shape index (κ3) is 3.80. The van der Waals surface area contributed by atoms with Crippen LogP contribution in [0.3, 0.4) is 0 Å². The molecule has 0 radical (unpaired) electrons. The molecule has 1 aromatic rings. The molecule has 0 saturated heterocycles. The summed E-state index contributed by atoms with van der Waals surface area (Å²) in [5, 5.41) is 13.2. The van der Waals surface area contributed by atoms with Crippen LogP contribution in [0.2, 0.25) is 0 Å². The van der Waals surface area contributed by atoms with Crippen molar-refractivity contribution in [3.63, 3.8) is 0 Å². The van der Waals surface area contributed by atoms with E-state index in [1.807, 2.05) is 18.2 Å². The molecule has 0 heterocycles. The highest BCUT2D eigenvalue weighted by molar-refractivity contribution is 5.19. The molecule has 1 aromatic carbocycles. The summed E-state index contributed by atoms with van der Waals surface area (Å²) in [7, 11) is 1.70. The Morgan fingerprint density at radius 3 is 2.65 bits per heavy atom. The molecule has 1 aliphatic rings. The van der Waals surface area contributed by atoms with Crippen LogP contribution in [-0.4, -0.2) is 31.5 Å². The molecule has 1 aliphatic carbocycles. The number of methoxy groups -OCH3 is 1. The Hall–Kier alpha value is -0.900. The van der Waals surface area contributed by atoms with E-state index in [4.69, 9.17) is 4.74 Å². The third-order valence-corrected chi connectivity index (χ3v) is 3.27. The second-order valence-corrected chi connectivity index (χ2v) is 4.73. The van der Waals surface area contributed by atoms with E-state index < -0.39 is 0 Å². The average molecular weight is 235 g/mol. The monoisotopic (exact) mass is 235 g/mol. The lowest BCUT2D eigenvalue weighted by molar-refractivity contribution is 0.125. The fraction of sp³-hybridized carbons (Fsp3) is 0.571. The fourth-order valence-corrected chi connectivity index (χ4v) is 2.04. The van der Waals surface area contributed by atoms with Crippen molar-refractivity contribution in [1.29, 1.82) is 0 Å². The molecule has 2 rings (SSSR count). The summed E-state index contributed by atoms with van der Waals surface area (Å²) in [6.07, 6.45) is 2.13. The Labute approximate surface area is 103 Å².